The molecule has 1 saturated heterocycles. The Morgan fingerprint density at radius 3 is 2.83 bits per heavy atom. The van der Waals surface area contributed by atoms with Gasteiger partial charge in [-0.1, -0.05) is 6.92 Å². The van der Waals surface area contributed by atoms with Crippen LogP contribution in [0.3, 0.4) is 0 Å². The number of amides is 2. The van der Waals surface area contributed by atoms with Crippen molar-refractivity contribution in [3.8, 4) is 0 Å². The highest BCUT2D eigenvalue weighted by Gasteiger charge is 2.42. The van der Waals surface area contributed by atoms with Crippen LogP contribution in [0.4, 0.5) is 18.0 Å². The monoisotopic (exact) mass is 335 g/mol. The molecule has 7 nitrogen and oxygen atoms in total. The van der Waals surface area contributed by atoms with Gasteiger partial charge in [-0.3, -0.25) is 0 Å². The summed E-state index contributed by atoms with van der Waals surface area (Å²) in [6, 6.07) is -2.48. The second kappa shape index (κ2) is 7.16. The lowest BCUT2D eigenvalue weighted by Gasteiger charge is -2.36. The van der Waals surface area contributed by atoms with Crippen molar-refractivity contribution < 1.29 is 22.7 Å². The average molecular weight is 335 g/mol. The summed E-state index contributed by atoms with van der Waals surface area (Å²) in [4.78, 5) is 17.1. The molecule has 0 aromatic carbocycles. The molecule has 0 spiro atoms. The van der Waals surface area contributed by atoms with Crippen molar-refractivity contribution in [3.63, 3.8) is 0 Å². The summed E-state index contributed by atoms with van der Waals surface area (Å²) in [5.74, 6) is 0.308. The van der Waals surface area contributed by atoms with Gasteiger partial charge in [-0.05, 0) is 12.3 Å². The van der Waals surface area contributed by atoms with Gasteiger partial charge in [-0.2, -0.15) is 18.3 Å². The third kappa shape index (κ3) is 4.34. The lowest BCUT2D eigenvalue weighted by Crippen LogP contribution is -2.51. The first-order valence-corrected chi connectivity index (χ1v) is 7.29. The highest BCUT2D eigenvalue weighted by molar-refractivity contribution is 5.74. The van der Waals surface area contributed by atoms with E-state index in [4.69, 9.17) is 4.74 Å². The van der Waals surface area contributed by atoms with Gasteiger partial charge in [0, 0.05) is 20.2 Å². The Bertz CT molecular complexity index is 508. The fourth-order valence-corrected chi connectivity index (χ4v) is 2.56. The highest BCUT2D eigenvalue weighted by atomic mass is 19.4. The first-order valence-electron chi connectivity index (χ1n) is 7.29. The molecule has 1 aliphatic heterocycles. The highest BCUT2D eigenvalue weighted by Crippen LogP contribution is 2.29. The number of rotatable bonds is 4. The maximum Gasteiger partial charge on any atom is 0.412 e. The largest absolute Gasteiger partial charge is 0.412 e. The lowest BCUT2D eigenvalue weighted by atomic mass is 9.96. The molecule has 2 amide bonds. The normalized spacial score (nSPS) is 23.6. The molecule has 0 aliphatic carbocycles. The summed E-state index contributed by atoms with van der Waals surface area (Å²) >= 11 is 0. The van der Waals surface area contributed by atoms with Gasteiger partial charge < -0.3 is 15.0 Å². The van der Waals surface area contributed by atoms with Gasteiger partial charge in [0.1, 0.15) is 12.7 Å². The molecule has 23 heavy (non-hydrogen) atoms. The van der Waals surface area contributed by atoms with E-state index in [9.17, 15) is 18.0 Å². The maximum atomic E-state index is 13.1. The molecule has 1 aromatic rings. The van der Waals surface area contributed by atoms with E-state index in [0.717, 1.165) is 19.1 Å². The lowest BCUT2D eigenvalue weighted by molar-refractivity contribution is -0.168. The third-order valence-electron chi connectivity index (χ3n) is 4.06. The van der Waals surface area contributed by atoms with Crippen molar-refractivity contribution in [2.75, 3.05) is 26.7 Å². The van der Waals surface area contributed by atoms with Gasteiger partial charge in [0.25, 0.3) is 0 Å². The molecule has 1 fully saturated rings. The van der Waals surface area contributed by atoms with Crippen LogP contribution < -0.4 is 5.32 Å². The zero-order valence-corrected chi connectivity index (χ0v) is 13.0. The Morgan fingerprint density at radius 2 is 2.26 bits per heavy atom. The Morgan fingerprint density at radius 1 is 1.52 bits per heavy atom. The van der Waals surface area contributed by atoms with Gasteiger partial charge in [-0.15, -0.1) is 0 Å². The second-order valence-electron chi connectivity index (χ2n) is 5.61. The number of aromatic nitrogens is 3. The summed E-state index contributed by atoms with van der Waals surface area (Å²) in [5, 5.41) is 5.84. The fraction of sp³-hybridized carbons (Fsp3) is 0.769. The summed E-state index contributed by atoms with van der Waals surface area (Å²) in [5.41, 5.74) is 0. The van der Waals surface area contributed by atoms with Crippen LogP contribution in [0.1, 0.15) is 19.4 Å². The number of carbonyl (C=O) groups is 1. The molecule has 2 heterocycles. The zero-order chi connectivity index (χ0) is 17.0. The van der Waals surface area contributed by atoms with Crippen molar-refractivity contribution in [2.45, 2.75) is 31.7 Å². The van der Waals surface area contributed by atoms with Gasteiger partial charge in [0.2, 0.25) is 0 Å². The van der Waals surface area contributed by atoms with E-state index in [1.807, 2.05) is 6.92 Å². The zero-order valence-electron chi connectivity index (χ0n) is 13.0. The topological polar surface area (TPSA) is 72.3 Å². The van der Waals surface area contributed by atoms with Crippen LogP contribution in [0.15, 0.2) is 12.7 Å². The molecule has 3 unspecified atom stereocenters. The summed E-state index contributed by atoms with van der Waals surface area (Å²) in [6.07, 6.45) is -1.89. The molecule has 0 saturated carbocycles. The van der Waals surface area contributed by atoms with Crippen LogP contribution in [0, 0.1) is 5.92 Å². The minimum absolute atomic E-state index is 0.108. The van der Waals surface area contributed by atoms with Crippen LogP contribution in [0.2, 0.25) is 0 Å². The number of piperidine rings is 1. The Kier molecular flexibility index (Phi) is 5.45. The SMILES string of the molecule is COC1CN(C(=O)NCC(n2cncn2)C(F)(F)F)CCC1C. The maximum absolute atomic E-state index is 13.1. The molecule has 2 rings (SSSR count). The summed E-state index contributed by atoms with van der Waals surface area (Å²) < 4.78 is 45.2. The number of nitrogens with zero attached hydrogens (tertiary/aromatic N) is 4. The Labute approximate surface area is 131 Å². The smallest absolute Gasteiger partial charge is 0.379 e. The standard InChI is InChI=1S/C13H20F3N5O2/c1-9-3-4-20(6-10(9)23-2)12(22)18-5-11(13(14,15)16)21-8-17-7-19-21/h7-11H,3-6H2,1-2H3,(H,18,22). The molecule has 1 aliphatic rings. The first kappa shape index (κ1) is 17.5. The molecule has 0 radical (unpaired) electrons. The van der Waals surface area contributed by atoms with Gasteiger partial charge in [-0.25, -0.2) is 14.5 Å². The predicted molar refractivity (Wildman–Crippen MR) is 74.7 cm³/mol. The minimum atomic E-state index is -4.54. The number of nitrogens with one attached hydrogen (secondary N) is 1. The number of alkyl halides is 3. The van der Waals surface area contributed by atoms with Crippen LogP contribution in [0.25, 0.3) is 0 Å². The number of hydrogen-bond acceptors (Lipinski definition) is 4. The van der Waals surface area contributed by atoms with E-state index in [1.165, 1.54) is 4.90 Å². The average Bonchev–Trinajstić information content (AvgIpc) is 3.00. The number of likely N-dealkylation sites (tertiary alicyclic amines) is 1. The van der Waals surface area contributed by atoms with Gasteiger partial charge >= 0.3 is 12.2 Å². The Balaban J connectivity index is 1.94. The van der Waals surface area contributed by atoms with Crippen molar-refractivity contribution in [1.82, 2.24) is 25.0 Å². The molecule has 0 bridgehead atoms. The number of ether oxygens (including phenoxy) is 1. The number of carbonyl (C=O) groups excluding carboxylic acids is 1. The number of hydrogen-bond donors (Lipinski definition) is 1. The van der Waals surface area contributed by atoms with E-state index >= 15 is 0 Å². The molecule has 1 N–H and O–H groups in total. The first-order chi connectivity index (χ1) is 10.8. The van der Waals surface area contributed by atoms with E-state index in [-0.39, 0.29) is 6.10 Å². The van der Waals surface area contributed by atoms with Crippen molar-refractivity contribution in [1.29, 1.82) is 0 Å². The minimum Gasteiger partial charge on any atom is -0.379 e. The molecule has 3 atom stereocenters. The van der Waals surface area contributed by atoms with Crippen molar-refractivity contribution in [2.24, 2.45) is 5.92 Å². The number of urea groups is 1. The van der Waals surface area contributed by atoms with E-state index in [1.54, 1.807) is 7.11 Å². The van der Waals surface area contributed by atoms with Crippen LogP contribution in [-0.4, -0.2) is 64.7 Å². The number of methoxy groups -OCH3 is 1. The van der Waals surface area contributed by atoms with Crippen LogP contribution >= 0.6 is 0 Å². The second-order valence-corrected chi connectivity index (χ2v) is 5.61. The van der Waals surface area contributed by atoms with Crippen LogP contribution in [-0.2, 0) is 4.74 Å². The predicted octanol–water partition coefficient (Wildman–Crippen LogP) is 1.45. The van der Waals surface area contributed by atoms with Crippen LogP contribution in [0.5, 0.6) is 0 Å². The molecule has 10 heteroatoms. The molecule has 1 aromatic heterocycles. The van der Waals surface area contributed by atoms with Gasteiger partial charge in [0.05, 0.1) is 12.6 Å². The van der Waals surface area contributed by atoms with Gasteiger partial charge in [0.15, 0.2) is 6.04 Å². The van der Waals surface area contributed by atoms with E-state index in [0.29, 0.717) is 23.7 Å². The van der Waals surface area contributed by atoms with E-state index in [2.05, 4.69) is 15.4 Å². The fourth-order valence-electron chi connectivity index (χ4n) is 2.56. The van der Waals surface area contributed by atoms with Crippen molar-refractivity contribution >= 4 is 6.03 Å². The Hall–Kier alpha value is -1.84. The molecule has 130 valence electrons. The molecular weight excluding hydrogens is 315 g/mol. The quantitative estimate of drug-likeness (QED) is 0.904. The number of halogens is 3. The van der Waals surface area contributed by atoms with E-state index < -0.39 is 24.8 Å². The summed E-state index contributed by atoms with van der Waals surface area (Å²) in [6.45, 7) is 2.28. The third-order valence-corrected chi connectivity index (χ3v) is 4.06. The van der Waals surface area contributed by atoms with Crippen molar-refractivity contribution in [3.05, 3.63) is 12.7 Å². The summed E-state index contributed by atoms with van der Waals surface area (Å²) in [7, 11) is 1.56. The molecular formula is C13H20F3N5O2.